The van der Waals surface area contributed by atoms with E-state index in [0.717, 1.165) is 42.7 Å². The molecule has 3 nitrogen and oxygen atoms in total. The van der Waals surface area contributed by atoms with E-state index in [1.165, 1.54) is 0 Å². The Morgan fingerprint density at radius 1 is 1.39 bits per heavy atom. The lowest BCUT2D eigenvalue weighted by molar-refractivity contribution is 0.0723. The van der Waals surface area contributed by atoms with Crippen LogP contribution < -0.4 is 5.32 Å². The van der Waals surface area contributed by atoms with Crippen LogP contribution in [0.15, 0.2) is 34.7 Å². The maximum atomic E-state index is 5.95. The predicted octanol–water partition coefficient (Wildman–Crippen LogP) is 3.26. The van der Waals surface area contributed by atoms with E-state index in [9.17, 15) is 0 Å². The molecule has 1 aliphatic rings. The van der Waals surface area contributed by atoms with Crippen molar-refractivity contribution in [2.75, 3.05) is 13.2 Å². The monoisotopic (exact) mass is 245 g/mol. The average molecular weight is 245 g/mol. The Morgan fingerprint density at radius 2 is 2.28 bits per heavy atom. The zero-order valence-corrected chi connectivity index (χ0v) is 10.7. The summed E-state index contributed by atoms with van der Waals surface area (Å²) in [6.45, 7) is 3.90. The Morgan fingerprint density at radius 3 is 3.00 bits per heavy atom. The van der Waals surface area contributed by atoms with Crippen LogP contribution in [0.25, 0.3) is 11.0 Å². The van der Waals surface area contributed by atoms with Gasteiger partial charge in [0.1, 0.15) is 11.3 Å². The van der Waals surface area contributed by atoms with Crippen molar-refractivity contribution in [3.05, 3.63) is 36.1 Å². The molecule has 2 aromatic rings. The fourth-order valence-corrected chi connectivity index (χ4v) is 2.66. The van der Waals surface area contributed by atoms with Crippen molar-refractivity contribution in [1.82, 2.24) is 5.32 Å². The summed E-state index contributed by atoms with van der Waals surface area (Å²) >= 11 is 0. The van der Waals surface area contributed by atoms with Crippen molar-refractivity contribution in [1.29, 1.82) is 0 Å². The molecule has 1 N–H and O–H groups in total. The van der Waals surface area contributed by atoms with E-state index >= 15 is 0 Å². The molecular formula is C15H19NO2. The van der Waals surface area contributed by atoms with Gasteiger partial charge in [-0.25, -0.2) is 0 Å². The van der Waals surface area contributed by atoms with Gasteiger partial charge in [0.25, 0.3) is 0 Å². The molecule has 18 heavy (non-hydrogen) atoms. The van der Waals surface area contributed by atoms with Crippen LogP contribution >= 0.6 is 0 Å². The Kier molecular flexibility index (Phi) is 3.35. The lowest BCUT2D eigenvalue weighted by Crippen LogP contribution is -2.31. The van der Waals surface area contributed by atoms with E-state index in [0.29, 0.717) is 0 Å². The highest BCUT2D eigenvalue weighted by Gasteiger charge is 2.29. The van der Waals surface area contributed by atoms with E-state index in [2.05, 4.69) is 24.4 Å². The number of hydrogen-bond acceptors (Lipinski definition) is 3. The van der Waals surface area contributed by atoms with Crippen molar-refractivity contribution < 1.29 is 9.15 Å². The first kappa shape index (κ1) is 11.8. The number of rotatable bonds is 4. The molecule has 3 heteroatoms. The van der Waals surface area contributed by atoms with Gasteiger partial charge in [-0.15, -0.1) is 0 Å². The van der Waals surface area contributed by atoms with Crippen molar-refractivity contribution in [2.45, 2.75) is 31.9 Å². The van der Waals surface area contributed by atoms with Gasteiger partial charge in [0.05, 0.1) is 12.1 Å². The zero-order valence-electron chi connectivity index (χ0n) is 10.7. The number of para-hydroxylation sites is 1. The molecule has 2 unspecified atom stereocenters. The quantitative estimate of drug-likeness (QED) is 0.897. The molecule has 96 valence electrons. The van der Waals surface area contributed by atoms with Crippen molar-refractivity contribution in [3.63, 3.8) is 0 Å². The third-order valence-corrected chi connectivity index (χ3v) is 3.51. The molecule has 1 aliphatic heterocycles. The standard InChI is InChI=1S/C15H19NO2/c1-2-16-15(13-8-5-9-17-13)14-10-11-6-3-4-7-12(11)18-14/h3-4,6-7,10,13,15-16H,2,5,8-9H2,1H3. The van der Waals surface area contributed by atoms with Gasteiger partial charge < -0.3 is 14.5 Å². The third-order valence-electron chi connectivity index (χ3n) is 3.51. The highest BCUT2D eigenvalue weighted by atomic mass is 16.5. The van der Waals surface area contributed by atoms with Gasteiger partial charge in [-0.3, -0.25) is 0 Å². The largest absolute Gasteiger partial charge is 0.459 e. The maximum absolute atomic E-state index is 5.95. The smallest absolute Gasteiger partial charge is 0.134 e. The zero-order chi connectivity index (χ0) is 12.4. The van der Waals surface area contributed by atoms with E-state index < -0.39 is 0 Å². The Balaban J connectivity index is 1.92. The lowest BCUT2D eigenvalue weighted by Gasteiger charge is -2.21. The number of likely N-dealkylation sites (N-methyl/N-ethyl adjacent to an activating group) is 1. The van der Waals surface area contributed by atoms with Crippen LogP contribution in [0.1, 0.15) is 31.6 Å². The van der Waals surface area contributed by atoms with Gasteiger partial charge >= 0.3 is 0 Å². The average Bonchev–Trinajstić information content (AvgIpc) is 3.04. The van der Waals surface area contributed by atoms with Gasteiger partial charge in [-0.1, -0.05) is 25.1 Å². The van der Waals surface area contributed by atoms with E-state index in [-0.39, 0.29) is 12.1 Å². The molecule has 3 rings (SSSR count). The van der Waals surface area contributed by atoms with E-state index in [1.54, 1.807) is 0 Å². The van der Waals surface area contributed by atoms with Gasteiger partial charge in [-0.2, -0.15) is 0 Å². The first-order valence-corrected chi connectivity index (χ1v) is 6.72. The van der Waals surface area contributed by atoms with Gasteiger partial charge in [0, 0.05) is 12.0 Å². The summed E-state index contributed by atoms with van der Waals surface area (Å²) in [4.78, 5) is 0. The molecule has 1 aromatic carbocycles. The minimum absolute atomic E-state index is 0.171. The molecule has 0 saturated carbocycles. The molecule has 0 radical (unpaired) electrons. The summed E-state index contributed by atoms with van der Waals surface area (Å²) in [5.41, 5.74) is 0.952. The van der Waals surface area contributed by atoms with E-state index in [1.807, 2.05) is 18.2 Å². The van der Waals surface area contributed by atoms with Crippen molar-refractivity contribution in [2.24, 2.45) is 0 Å². The van der Waals surface area contributed by atoms with Crippen LogP contribution in [0.5, 0.6) is 0 Å². The van der Waals surface area contributed by atoms with Crippen LogP contribution in [0, 0.1) is 0 Å². The van der Waals surface area contributed by atoms with Gasteiger partial charge in [-0.05, 0) is 31.5 Å². The number of hydrogen-bond donors (Lipinski definition) is 1. The summed E-state index contributed by atoms with van der Waals surface area (Å²) in [7, 11) is 0. The Hall–Kier alpha value is -1.32. The van der Waals surface area contributed by atoms with Crippen molar-refractivity contribution in [3.8, 4) is 0 Å². The summed E-state index contributed by atoms with van der Waals surface area (Å²) in [5.74, 6) is 0.991. The van der Waals surface area contributed by atoms with Crippen LogP contribution in [-0.4, -0.2) is 19.3 Å². The van der Waals surface area contributed by atoms with Crippen LogP contribution in [0.3, 0.4) is 0 Å². The third kappa shape index (κ3) is 2.16. The minimum atomic E-state index is 0.171. The van der Waals surface area contributed by atoms with Gasteiger partial charge in [0.15, 0.2) is 0 Å². The molecule has 1 aromatic heterocycles. The van der Waals surface area contributed by atoms with Crippen molar-refractivity contribution >= 4 is 11.0 Å². The molecule has 1 fully saturated rings. The number of ether oxygens (including phenoxy) is 1. The molecule has 1 saturated heterocycles. The molecule has 0 bridgehead atoms. The fourth-order valence-electron chi connectivity index (χ4n) is 2.66. The highest BCUT2D eigenvalue weighted by molar-refractivity contribution is 5.77. The summed E-state index contributed by atoms with van der Waals surface area (Å²) in [6, 6.07) is 10.4. The summed E-state index contributed by atoms with van der Waals surface area (Å²) < 4.78 is 11.7. The first-order chi connectivity index (χ1) is 8.88. The summed E-state index contributed by atoms with van der Waals surface area (Å²) in [5, 5.41) is 4.64. The minimum Gasteiger partial charge on any atom is -0.459 e. The van der Waals surface area contributed by atoms with Gasteiger partial charge in [0.2, 0.25) is 0 Å². The second-order valence-corrected chi connectivity index (χ2v) is 4.77. The maximum Gasteiger partial charge on any atom is 0.134 e. The molecular weight excluding hydrogens is 226 g/mol. The molecule has 2 heterocycles. The second kappa shape index (κ2) is 5.12. The summed E-state index contributed by atoms with van der Waals surface area (Å²) in [6.07, 6.45) is 2.49. The topological polar surface area (TPSA) is 34.4 Å². The van der Waals surface area contributed by atoms with E-state index in [4.69, 9.17) is 9.15 Å². The molecule has 2 atom stereocenters. The number of fused-ring (bicyclic) bond motifs is 1. The SMILES string of the molecule is CCNC(c1cc2ccccc2o1)C1CCCO1. The van der Waals surface area contributed by atoms with Crippen LogP contribution in [0.2, 0.25) is 0 Å². The fraction of sp³-hybridized carbons (Fsp3) is 0.467. The first-order valence-electron chi connectivity index (χ1n) is 6.72. The number of furan rings is 1. The Labute approximate surface area is 107 Å². The Bertz CT molecular complexity index is 481. The van der Waals surface area contributed by atoms with Crippen LogP contribution in [0.4, 0.5) is 0 Å². The molecule has 0 spiro atoms. The second-order valence-electron chi connectivity index (χ2n) is 4.77. The molecule has 0 amide bonds. The number of nitrogens with one attached hydrogen (secondary N) is 1. The lowest BCUT2D eigenvalue weighted by atomic mass is 10.1. The predicted molar refractivity (Wildman–Crippen MR) is 71.6 cm³/mol. The van der Waals surface area contributed by atoms with Crippen LogP contribution in [-0.2, 0) is 4.74 Å². The normalized spacial score (nSPS) is 21.5. The highest BCUT2D eigenvalue weighted by Crippen LogP contribution is 2.30. The number of benzene rings is 1. The molecule has 0 aliphatic carbocycles.